The van der Waals surface area contributed by atoms with Crippen molar-refractivity contribution in [2.24, 2.45) is 0 Å². The van der Waals surface area contributed by atoms with Crippen LogP contribution in [0.1, 0.15) is 252 Å². The molecule has 0 aliphatic heterocycles. The molecule has 3 atom stereocenters. The van der Waals surface area contributed by atoms with E-state index in [1.54, 1.807) is 0 Å². The number of unbranched alkanes of at least 4 members (excludes halogenated alkanes) is 25. The molecule has 0 radical (unpaired) electrons. The first-order chi connectivity index (χ1) is 34.2. The van der Waals surface area contributed by atoms with Crippen molar-refractivity contribution in [3.05, 3.63) is 60.8 Å². The lowest BCUT2D eigenvalue weighted by molar-refractivity contribution is -0.161. The highest BCUT2D eigenvalue weighted by Crippen LogP contribution is 2.43. The number of hydrogen-bond acceptors (Lipinski definition) is 10. The lowest BCUT2D eigenvalue weighted by Crippen LogP contribution is -2.30. The van der Waals surface area contributed by atoms with E-state index in [9.17, 15) is 28.9 Å². The minimum absolute atomic E-state index is 0.147. The summed E-state index contributed by atoms with van der Waals surface area (Å²) in [4.78, 5) is 48.4. The van der Waals surface area contributed by atoms with E-state index in [0.29, 0.717) is 19.3 Å². The van der Waals surface area contributed by atoms with Gasteiger partial charge in [0, 0.05) is 19.3 Å². The van der Waals surface area contributed by atoms with E-state index in [4.69, 9.17) is 23.3 Å². The number of aliphatic hydroxyl groups is 1. The Morgan fingerprint density at radius 3 is 1.17 bits per heavy atom. The molecule has 0 amide bonds. The van der Waals surface area contributed by atoms with Crippen molar-refractivity contribution in [2.75, 3.05) is 26.4 Å². The molecule has 3 unspecified atom stereocenters. The Hall–Kier alpha value is -2.82. The van der Waals surface area contributed by atoms with Crippen LogP contribution in [0.3, 0.4) is 0 Å². The zero-order chi connectivity index (χ0) is 51.3. The normalized spacial score (nSPS) is 13.8. The highest BCUT2D eigenvalue weighted by molar-refractivity contribution is 7.47. The lowest BCUT2D eigenvalue weighted by Gasteiger charge is -2.21. The van der Waals surface area contributed by atoms with Crippen molar-refractivity contribution >= 4 is 25.7 Å². The third kappa shape index (κ3) is 50.1. The molecule has 12 heteroatoms. The largest absolute Gasteiger partial charge is 0.472 e. The van der Waals surface area contributed by atoms with E-state index in [-0.39, 0.29) is 25.9 Å². The number of ether oxygens (including phenoxy) is 3. The van der Waals surface area contributed by atoms with Gasteiger partial charge >= 0.3 is 25.7 Å². The van der Waals surface area contributed by atoms with Gasteiger partial charge in [-0.3, -0.25) is 23.4 Å². The van der Waals surface area contributed by atoms with Crippen LogP contribution in [0.5, 0.6) is 0 Å². The number of carbonyl (C=O) groups is 3. The molecule has 0 aromatic heterocycles. The number of phosphoric acid groups is 1. The quantitative estimate of drug-likeness (QED) is 0.0197. The second kappa shape index (κ2) is 52.5. The molecule has 0 saturated carbocycles. The number of hydrogen-bond donors (Lipinski definition) is 2. The predicted molar refractivity (Wildman–Crippen MR) is 288 cm³/mol. The van der Waals surface area contributed by atoms with Gasteiger partial charge in [-0.2, -0.15) is 0 Å². The van der Waals surface area contributed by atoms with Crippen LogP contribution in [-0.4, -0.2) is 66.5 Å². The van der Waals surface area contributed by atoms with E-state index in [1.165, 1.54) is 89.9 Å². The number of esters is 3. The molecule has 0 aromatic rings. The van der Waals surface area contributed by atoms with Crippen LogP contribution < -0.4 is 0 Å². The summed E-state index contributed by atoms with van der Waals surface area (Å²) in [6.07, 6.45) is 56.1. The molecule has 0 aliphatic carbocycles. The van der Waals surface area contributed by atoms with Crippen LogP contribution in [-0.2, 0) is 42.2 Å². The van der Waals surface area contributed by atoms with Gasteiger partial charge in [0.05, 0.1) is 19.8 Å². The number of phosphoric ester groups is 1. The van der Waals surface area contributed by atoms with Gasteiger partial charge in [0.25, 0.3) is 0 Å². The molecule has 2 N–H and O–H groups in total. The summed E-state index contributed by atoms with van der Waals surface area (Å²) >= 11 is 0. The van der Waals surface area contributed by atoms with Crippen molar-refractivity contribution in [2.45, 2.75) is 264 Å². The van der Waals surface area contributed by atoms with Crippen LogP contribution in [0.15, 0.2) is 60.8 Å². The van der Waals surface area contributed by atoms with E-state index in [1.807, 2.05) is 0 Å². The fourth-order valence-electron chi connectivity index (χ4n) is 7.64. The minimum Gasteiger partial charge on any atom is -0.462 e. The molecule has 0 aromatic carbocycles. The summed E-state index contributed by atoms with van der Waals surface area (Å²) in [6.45, 7) is 4.48. The van der Waals surface area contributed by atoms with Crippen LogP contribution >= 0.6 is 7.82 Å². The summed E-state index contributed by atoms with van der Waals surface area (Å²) in [7, 11) is -4.75. The second-order valence-electron chi connectivity index (χ2n) is 18.7. The Kier molecular flexibility index (Phi) is 50.4. The van der Waals surface area contributed by atoms with Crippen LogP contribution in [0.4, 0.5) is 0 Å². The molecule has 0 rings (SSSR count). The number of aliphatic hydroxyl groups excluding tert-OH is 1. The molecule has 70 heavy (non-hydrogen) atoms. The Morgan fingerprint density at radius 1 is 0.414 bits per heavy atom. The van der Waals surface area contributed by atoms with Crippen molar-refractivity contribution < 1.29 is 52.2 Å². The van der Waals surface area contributed by atoms with Crippen molar-refractivity contribution in [3.8, 4) is 0 Å². The number of allylic oxidation sites excluding steroid dienone is 10. The predicted octanol–water partition coefficient (Wildman–Crippen LogP) is 16.4. The number of carbonyl (C=O) groups excluding carboxylic acids is 3. The van der Waals surface area contributed by atoms with Crippen LogP contribution in [0.25, 0.3) is 0 Å². The first-order valence-corrected chi connectivity index (χ1v) is 29.7. The zero-order valence-corrected chi connectivity index (χ0v) is 45.6. The van der Waals surface area contributed by atoms with Gasteiger partial charge in [0.2, 0.25) is 0 Å². The van der Waals surface area contributed by atoms with Gasteiger partial charge in [-0.05, 0) is 83.5 Å². The van der Waals surface area contributed by atoms with Gasteiger partial charge < -0.3 is 24.2 Å². The Morgan fingerprint density at radius 2 is 0.743 bits per heavy atom. The summed E-state index contributed by atoms with van der Waals surface area (Å²) in [5.41, 5.74) is 0. The molecule has 11 nitrogen and oxygen atoms in total. The van der Waals surface area contributed by atoms with E-state index in [2.05, 4.69) is 81.5 Å². The maximum absolute atomic E-state index is 12.9. The standard InChI is InChI=1S/C58H103O11P/c1-4-7-10-13-16-19-22-24-26-27-29-30-33-35-38-41-44-47-56(60)65-51-55(69-58(62)49-46-43-40-37-34-31-28-25-23-20-17-14-11-8-5-2)53-67-70(63,64)66-52-54(50-59)68-57(61)48-45-42-39-36-32-21-18-15-12-9-6-3/h8,11,16-17,19-20,24-26,28,54-55,59H,4-7,9-10,12-15,18,21-23,27,29-53H2,1-3H3,(H,63,64)/b11-8-,19-16-,20-17-,26-24-,28-25-. The van der Waals surface area contributed by atoms with Crippen molar-refractivity contribution in [1.82, 2.24) is 0 Å². The molecular formula is C58H103O11P. The van der Waals surface area contributed by atoms with Crippen molar-refractivity contribution in [3.63, 3.8) is 0 Å². The maximum atomic E-state index is 12.9. The molecule has 0 saturated heterocycles. The third-order valence-electron chi connectivity index (χ3n) is 11.9. The van der Waals surface area contributed by atoms with Gasteiger partial charge in [0.1, 0.15) is 12.7 Å². The summed E-state index contributed by atoms with van der Waals surface area (Å²) < 4.78 is 39.4. The molecular weight excluding hydrogens is 904 g/mol. The third-order valence-corrected chi connectivity index (χ3v) is 12.9. The van der Waals surface area contributed by atoms with Crippen LogP contribution in [0.2, 0.25) is 0 Å². The highest BCUT2D eigenvalue weighted by atomic mass is 31.2. The smallest absolute Gasteiger partial charge is 0.462 e. The van der Waals surface area contributed by atoms with Crippen LogP contribution in [0, 0.1) is 0 Å². The van der Waals surface area contributed by atoms with E-state index >= 15 is 0 Å². The van der Waals surface area contributed by atoms with E-state index in [0.717, 1.165) is 103 Å². The second-order valence-corrected chi connectivity index (χ2v) is 20.2. The molecule has 0 aliphatic rings. The zero-order valence-electron chi connectivity index (χ0n) is 44.7. The van der Waals surface area contributed by atoms with Gasteiger partial charge in [-0.15, -0.1) is 0 Å². The Bertz CT molecular complexity index is 1410. The molecule has 0 heterocycles. The SMILES string of the molecule is CC/C=C\C/C=C\C/C=C\CCCCCCCC(=O)OC(COC(=O)CCCCCCCCC/C=C\C/C=C\CCCCC)COP(=O)(O)OCC(CO)OC(=O)CCCCCCCCCCCCC. The van der Waals surface area contributed by atoms with Gasteiger partial charge in [-0.1, -0.05) is 210 Å². The molecule has 406 valence electrons. The fraction of sp³-hybridized carbons (Fsp3) is 0.776. The molecule has 0 bridgehead atoms. The topological polar surface area (TPSA) is 155 Å². The number of rotatable bonds is 52. The lowest BCUT2D eigenvalue weighted by atomic mass is 10.1. The Labute approximate surface area is 427 Å². The first-order valence-electron chi connectivity index (χ1n) is 28.2. The minimum atomic E-state index is -4.75. The summed E-state index contributed by atoms with van der Waals surface area (Å²) in [5, 5.41) is 9.78. The van der Waals surface area contributed by atoms with Crippen molar-refractivity contribution in [1.29, 1.82) is 0 Å². The first kappa shape index (κ1) is 67.2. The summed E-state index contributed by atoms with van der Waals surface area (Å²) in [6, 6.07) is 0. The average Bonchev–Trinajstić information content (AvgIpc) is 3.35. The van der Waals surface area contributed by atoms with E-state index < -0.39 is 57.8 Å². The van der Waals surface area contributed by atoms with Gasteiger partial charge in [-0.25, -0.2) is 4.57 Å². The summed E-state index contributed by atoms with van der Waals surface area (Å²) in [5.74, 6) is -1.49. The highest BCUT2D eigenvalue weighted by Gasteiger charge is 2.28. The van der Waals surface area contributed by atoms with Gasteiger partial charge in [0.15, 0.2) is 6.10 Å². The Balaban J connectivity index is 4.76. The maximum Gasteiger partial charge on any atom is 0.472 e. The fourth-order valence-corrected chi connectivity index (χ4v) is 8.42. The average molecular weight is 1010 g/mol. The molecule has 0 spiro atoms. The monoisotopic (exact) mass is 1010 g/mol. The molecule has 0 fully saturated rings.